The highest BCUT2D eigenvalue weighted by Crippen LogP contribution is 2.12. The Labute approximate surface area is 79.3 Å². The summed E-state index contributed by atoms with van der Waals surface area (Å²) in [4.78, 5) is 17.7. The number of H-pyrrole nitrogens is 1. The number of aromatic amines is 1. The molecule has 0 atom stereocenters. The van der Waals surface area contributed by atoms with E-state index in [2.05, 4.69) is 9.97 Å². The van der Waals surface area contributed by atoms with Gasteiger partial charge >= 0.3 is 0 Å². The molecule has 4 heteroatoms. The molecule has 2 aromatic rings. The van der Waals surface area contributed by atoms with Crippen molar-refractivity contribution in [3.05, 3.63) is 53.0 Å². The van der Waals surface area contributed by atoms with Gasteiger partial charge in [0.15, 0.2) is 5.82 Å². The summed E-state index contributed by atoms with van der Waals surface area (Å²) >= 11 is 0. The Morgan fingerprint density at radius 2 is 1.93 bits per heavy atom. The lowest BCUT2D eigenvalue weighted by Gasteiger charge is -1.98. The zero-order valence-corrected chi connectivity index (χ0v) is 7.20. The number of nitrogens with one attached hydrogen (secondary N) is 1. The van der Waals surface area contributed by atoms with Crippen LogP contribution < -0.4 is 5.43 Å². The molecule has 0 aliphatic rings. The largest absolute Gasteiger partial charge is 0.364 e. The van der Waals surface area contributed by atoms with E-state index in [1.165, 1.54) is 6.20 Å². The van der Waals surface area contributed by atoms with Gasteiger partial charge in [0, 0.05) is 30.4 Å². The van der Waals surface area contributed by atoms with Crippen molar-refractivity contribution >= 4 is 0 Å². The minimum atomic E-state index is -0.778. The summed E-state index contributed by atoms with van der Waals surface area (Å²) < 4.78 is 12.9. The number of halogens is 1. The summed E-state index contributed by atoms with van der Waals surface area (Å²) in [6.07, 6.45) is 5.62. The third-order valence-corrected chi connectivity index (χ3v) is 1.89. The molecule has 2 aromatic heterocycles. The van der Waals surface area contributed by atoms with Gasteiger partial charge in [-0.1, -0.05) is 0 Å². The zero-order valence-electron chi connectivity index (χ0n) is 7.20. The average Bonchev–Trinajstić information content (AvgIpc) is 2.23. The maximum Gasteiger partial charge on any atom is 0.224 e. The smallest absolute Gasteiger partial charge is 0.224 e. The van der Waals surface area contributed by atoms with Crippen LogP contribution in [0.3, 0.4) is 0 Å². The number of aromatic nitrogens is 2. The lowest BCUT2D eigenvalue weighted by atomic mass is 10.1. The Morgan fingerprint density at radius 1 is 1.21 bits per heavy atom. The van der Waals surface area contributed by atoms with Crippen molar-refractivity contribution in [2.75, 3.05) is 0 Å². The fourth-order valence-electron chi connectivity index (χ4n) is 1.20. The maximum absolute atomic E-state index is 12.9. The van der Waals surface area contributed by atoms with E-state index in [9.17, 15) is 9.18 Å². The van der Waals surface area contributed by atoms with Crippen LogP contribution in [0.4, 0.5) is 4.39 Å². The highest BCUT2D eigenvalue weighted by atomic mass is 19.1. The lowest BCUT2D eigenvalue weighted by Crippen LogP contribution is -2.09. The molecular formula is C10H7FN2O. The Bertz CT molecular complexity index is 493. The molecule has 14 heavy (non-hydrogen) atoms. The van der Waals surface area contributed by atoms with E-state index >= 15 is 0 Å². The number of pyridine rings is 2. The molecular weight excluding hydrogens is 183 g/mol. The summed E-state index contributed by atoms with van der Waals surface area (Å²) in [5.74, 6) is -0.778. The van der Waals surface area contributed by atoms with Crippen molar-refractivity contribution in [1.82, 2.24) is 9.97 Å². The summed E-state index contributed by atoms with van der Waals surface area (Å²) in [5, 5.41) is 0. The molecule has 3 nitrogen and oxygen atoms in total. The number of rotatable bonds is 1. The van der Waals surface area contributed by atoms with E-state index in [0.29, 0.717) is 11.1 Å². The predicted octanol–water partition coefficient (Wildman–Crippen LogP) is 1.58. The van der Waals surface area contributed by atoms with Gasteiger partial charge in [-0.05, 0) is 17.7 Å². The van der Waals surface area contributed by atoms with E-state index in [0.717, 1.165) is 6.20 Å². The molecule has 0 bridgehead atoms. The Hall–Kier alpha value is -1.97. The fourth-order valence-corrected chi connectivity index (χ4v) is 1.20. The van der Waals surface area contributed by atoms with E-state index in [1.54, 1.807) is 24.5 Å². The topological polar surface area (TPSA) is 45.8 Å². The monoisotopic (exact) mass is 190 g/mol. The summed E-state index contributed by atoms with van der Waals surface area (Å²) in [6, 6.07) is 3.31. The van der Waals surface area contributed by atoms with E-state index in [4.69, 9.17) is 0 Å². The number of hydrogen-bond acceptors (Lipinski definition) is 2. The second kappa shape index (κ2) is 3.41. The molecule has 0 radical (unpaired) electrons. The van der Waals surface area contributed by atoms with Crippen LogP contribution in [0.5, 0.6) is 0 Å². The van der Waals surface area contributed by atoms with Gasteiger partial charge in [-0.25, -0.2) is 4.39 Å². The van der Waals surface area contributed by atoms with Gasteiger partial charge in [0.05, 0.1) is 0 Å². The molecule has 1 N–H and O–H groups in total. The normalized spacial score (nSPS) is 10.1. The van der Waals surface area contributed by atoms with E-state index in [-0.39, 0.29) is 0 Å². The molecule has 0 unspecified atom stereocenters. The second-order valence-corrected chi connectivity index (χ2v) is 2.78. The van der Waals surface area contributed by atoms with Gasteiger partial charge in [0.25, 0.3) is 0 Å². The van der Waals surface area contributed by atoms with Gasteiger partial charge in [-0.15, -0.1) is 0 Å². The highest BCUT2D eigenvalue weighted by molar-refractivity contribution is 5.61. The standard InChI is InChI=1S/C10H7FN2O/c11-9-6-13-5-8(10(9)14)7-1-3-12-4-2-7/h1-6H,(H,13,14). The molecule has 2 heterocycles. The number of hydrogen-bond donors (Lipinski definition) is 1. The first-order valence-corrected chi connectivity index (χ1v) is 4.06. The second-order valence-electron chi connectivity index (χ2n) is 2.78. The van der Waals surface area contributed by atoms with Crippen LogP contribution in [-0.4, -0.2) is 9.97 Å². The first kappa shape index (κ1) is 8.62. The molecule has 0 saturated heterocycles. The van der Waals surface area contributed by atoms with Crippen molar-refractivity contribution in [1.29, 1.82) is 0 Å². The first-order valence-electron chi connectivity index (χ1n) is 4.06. The molecule has 70 valence electrons. The van der Waals surface area contributed by atoms with Crippen molar-refractivity contribution < 1.29 is 4.39 Å². The first-order chi connectivity index (χ1) is 6.79. The lowest BCUT2D eigenvalue weighted by molar-refractivity contribution is 0.612. The van der Waals surface area contributed by atoms with Crippen molar-refractivity contribution in [2.45, 2.75) is 0 Å². The van der Waals surface area contributed by atoms with Crippen molar-refractivity contribution in [3.8, 4) is 11.1 Å². The molecule has 0 saturated carbocycles. The number of nitrogens with zero attached hydrogens (tertiary/aromatic N) is 1. The van der Waals surface area contributed by atoms with Crippen LogP contribution >= 0.6 is 0 Å². The van der Waals surface area contributed by atoms with Crippen LogP contribution in [0.25, 0.3) is 11.1 Å². The quantitative estimate of drug-likeness (QED) is 0.741. The molecule has 0 amide bonds. The van der Waals surface area contributed by atoms with Gasteiger partial charge < -0.3 is 4.98 Å². The predicted molar refractivity (Wildman–Crippen MR) is 50.3 cm³/mol. The van der Waals surface area contributed by atoms with E-state index in [1.807, 2.05) is 0 Å². The Kier molecular flexibility index (Phi) is 2.10. The van der Waals surface area contributed by atoms with Crippen LogP contribution in [-0.2, 0) is 0 Å². The summed E-state index contributed by atoms with van der Waals surface area (Å²) in [5.41, 5.74) is 0.364. The fraction of sp³-hybridized carbons (Fsp3) is 0. The molecule has 0 aliphatic carbocycles. The molecule has 2 rings (SSSR count). The third kappa shape index (κ3) is 1.42. The highest BCUT2D eigenvalue weighted by Gasteiger charge is 2.05. The van der Waals surface area contributed by atoms with E-state index < -0.39 is 11.2 Å². The SMILES string of the molecule is O=c1c(F)c[nH]cc1-c1ccncc1. The minimum Gasteiger partial charge on any atom is -0.364 e. The molecule has 0 fully saturated rings. The van der Waals surface area contributed by atoms with Gasteiger partial charge in [0.1, 0.15) is 0 Å². The molecule has 0 aromatic carbocycles. The zero-order chi connectivity index (χ0) is 9.97. The Balaban J connectivity index is 2.64. The van der Waals surface area contributed by atoms with Crippen LogP contribution in [0.1, 0.15) is 0 Å². The van der Waals surface area contributed by atoms with Gasteiger partial charge in [-0.3, -0.25) is 9.78 Å². The van der Waals surface area contributed by atoms with Crippen LogP contribution in [0, 0.1) is 5.82 Å². The van der Waals surface area contributed by atoms with Crippen molar-refractivity contribution in [3.63, 3.8) is 0 Å². The van der Waals surface area contributed by atoms with Gasteiger partial charge in [0.2, 0.25) is 5.43 Å². The molecule has 0 spiro atoms. The average molecular weight is 190 g/mol. The minimum absolute atomic E-state index is 0.312. The van der Waals surface area contributed by atoms with Crippen LogP contribution in [0.15, 0.2) is 41.7 Å². The van der Waals surface area contributed by atoms with Gasteiger partial charge in [-0.2, -0.15) is 0 Å². The van der Waals surface area contributed by atoms with Crippen molar-refractivity contribution in [2.24, 2.45) is 0 Å². The van der Waals surface area contributed by atoms with Crippen LogP contribution in [0.2, 0.25) is 0 Å². The Morgan fingerprint density at radius 3 is 2.64 bits per heavy atom. The molecule has 0 aliphatic heterocycles. The third-order valence-electron chi connectivity index (χ3n) is 1.89. The maximum atomic E-state index is 12.9. The summed E-state index contributed by atoms with van der Waals surface area (Å²) in [6.45, 7) is 0. The summed E-state index contributed by atoms with van der Waals surface area (Å²) in [7, 11) is 0.